The highest BCUT2D eigenvalue weighted by molar-refractivity contribution is 5.81. The number of benzene rings is 1. The largest absolute Gasteiger partial charge is 0.368 e. The number of rotatable bonds is 6. The van der Waals surface area contributed by atoms with E-state index in [9.17, 15) is 19.3 Å². The summed E-state index contributed by atoms with van der Waals surface area (Å²) in [4.78, 5) is 22.6. The standard InChI is InChI=1S/C12H16FN3O3/c1-8(2)6-15(7-11(14)17)10-5-3-4-9(13)12(10)16(18)19/h3-5,8H,6-7H2,1-2H3,(H2,14,17). The van der Waals surface area contributed by atoms with Gasteiger partial charge in [-0.15, -0.1) is 0 Å². The van der Waals surface area contributed by atoms with Crippen LogP contribution < -0.4 is 10.6 Å². The Morgan fingerprint density at radius 2 is 2.16 bits per heavy atom. The van der Waals surface area contributed by atoms with Crippen molar-refractivity contribution in [1.82, 2.24) is 0 Å². The Bertz CT molecular complexity index is 491. The minimum absolute atomic E-state index is 0.0671. The van der Waals surface area contributed by atoms with Gasteiger partial charge >= 0.3 is 5.69 Å². The summed E-state index contributed by atoms with van der Waals surface area (Å²) in [5.41, 5.74) is 4.56. The predicted octanol–water partition coefficient (Wildman–Crippen LogP) is 1.68. The maximum atomic E-state index is 13.6. The van der Waals surface area contributed by atoms with Gasteiger partial charge in [0.15, 0.2) is 0 Å². The first-order valence-corrected chi connectivity index (χ1v) is 5.79. The molecule has 7 heteroatoms. The van der Waals surface area contributed by atoms with Crippen molar-refractivity contribution < 1.29 is 14.1 Å². The van der Waals surface area contributed by atoms with Crippen molar-refractivity contribution in [3.05, 3.63) is 34.1 Å². The summed E-state index contributed by atoms with van der Waals surface area (Å²) in [5.74, 6) is -1.41. The number of anilines is 1. The van der Waals surface area contributed by atoms with Crippen molar-refractivity contribution in [3.63, 3.8) is 0 Å². The molecule has 19 heavy (non-hydrogen) atoms. The molecule has 0 atom stereocenters. The number of primary amides is 1. The summed E-state index contributed by atoms with van der Waals surface area (Å²) >= 11 is 0. The summed E-state index contributed by atoms with van der Waals surface area (Å²) in [6, 6.07) is 3.79. The maximum absolute atomic E-state index is 13.6. The van der Waals surface area contributed by atoms with Crippen LogP contribution in [0, 0.1) is 21.8 Å². The Balaban J connectivity index is 3.24. The molecule has 0 bridgehead atoms. The van der Waals surface area contributed by atoms with E-state index in [0.29, 0.717) is 6.54 Å². The van der Waals surface area contributed by atoms with Gasteiger partial charge in [0.1, 0.15) is 5.69 Å². The molecular weight excluding hydrogens is 253 g/mol. The highest BCUT2D eigenvalue weighted by Gasteiger charge is 2.25. The third-order valence-corrected chi connectivity index (χ3v) is 2.42. The van der Waals surface area contributed by atoms with Gasteiger partial charge in [-0.1, -0.05) is 19.9 Å². The molecule has 1 amide bonds. The highest BCUT2D eigenvalue weighted by Crippen LogP contribution is 2.31. The first-order chi connectivity index (χ1) is 8.82. The van der Waals surface area contributed by atoms with E-state index in [2.05, 4.69) is 0 Å². The van der Waals surface area contributed by atoms with Crippen molar-refractivity contribution in [2.45, 2.75) is 13.8 Å². The van der Waals surface area contributed by atoms with Crippen LogP contribution in [0.25, 0.3) is 0 Å². The van der Waals surface area contributed by atoms with E-state index in [-0.39, 0.29) is 18.2 Å². The zero-order chi connectivity index (χ0) is 14.6. The van der Waals surface area contributed by atoms with Crippen LogP contribution in [0.2, 0.25) is 0 Å². The molecule has 0 saturated heterocycles. The minimum atomic E-state index is -0.930. The number of carbonyl (C=O) groups is 1. The first-order valence-electron chi connectivity index (χ1n) is 5.79. The lowest BCUT2D eigenvalue weighted by Crippen LogP contribution is -2.36. The van der Waals surface area contributed by atoms with Gasteiger partial charge in [0.25, 0.3) is 0 Å². The molecule has 1 rings (SSSR count). The van der Waals surface area contributed by atoms with Gasteiger partial charge in [-0.2, -0.15) is 4.39 Å². The Labute approximate surface area is 110 Å². The van der Waals surface area contributed by atoms with Crippen LogP contribution in [0.3, 0.4) is 0 Å². The molecule has 1 aromatic carbocycles. The van der Waals surface area contributed by atoms with Crippen LogP contribution in [-0.4, -0.2) is 23.9 Å². The van der Waals surface area contributed by atoms with Gasteiger partial charge in [0.2, 0.25) is 11.7 Å². The van der Waals surface area contributed by atoms with E-state index in [0.717, 1.165) is 6.07 Å². The third-order valence-electron chi connectivity index (χ3n) is 2.42. The normalized spacial score (nSPS) is 10.5. The smallest absolute Gasteiger partial charge is 0.327 e. The monoisotopic (exact) mass is 269 g/mol. The second-order valence-corrected chi connectivity index (χ2v) is 4.61. The molecule has 2 N–H and O–H groups in total. The lowest BCUT2D eigenvalue weighted by Gasteiger charge is -2.24. The van der Waals surface area contributed by atoms with Crippen LogP contribution in [-0.2, 0) is 4.79 Å². The molecule has 0 radical (unpaired) electrons. The number of carbonyl (C=O) groups excluding carboxylic acids is 1. The van der Waals surface area contributed by atoms with E-state index < -0.39 is 22.3 Å². The van der Waals surface area contributed by atoms with Gasteiger partial charge in [-0.3, -0.25) is 14.9 Å². The van der Waals surface area contributed by atoms with Crippen molar-refractivity contribution >= 4 is 17.3 Å². The predicted molar refractivity (Wildman–Crippen MR) is 69.3 cm³/mol. The fourth-order valence-electron chi connectivity index (χ4n) is 1.82. The Kier molecular flexibility index (Phi) is 4.80. The van der Waals surface area contributed by atoms with Gasteiger partial charge in [0, 0.05) is 6.54 Å². The Morgan fingerprint density at radius 3 is 2.63 bits per heavy atom. The second-order valence-electron chi connectivity index (χ2n) is 4.61. The van der Waals surface area contributed by atoms with Crippen LogP contribution in [0.15, 0.2) is 18.2 Å². The Hall–Kier alpha value is -2.18. The van der Waals surface area contributed by atoms with E-state index in [4.69, 9.17) is 5.73 Å². The number of hydrogen-bond donors (Lipinski definition) is 1. The molecule has 0 unspecified atom stereocenters. The number of nitrogens with zero attached hydrogens (tertiary/aromatic N) is 2. The van der Waals surface area contributed by atoms with Crippen molar-refractivity contribution in [2.75, 3.05) is 18.0 Å². The van der Waals surface area contributed by atoms with E-state index in [1.165, 1.54) is 17.0 Å². The molecule has 0 aromatic heterocycles. The van der Waals surface area contributed by atoms with Gasteiger partial charge in [-0.05, 0) is 18.1 Å². The first kappa shape index (κ1) is 14.9. The summed E-state index contributed by atoms with van der Waals surface area (Å²) < 4.78 is 13.6. The highest BCUT2D eigenvalue weighted by atomic mass is 19.1. The summed E-state index contributed by atoms with van der Waals surface area (Å²) in [6.45, 7) is 3.95. The van der Waals surface area contributed by atoms with E-state index >= 15 is 0 Å². The molecular formula is C12H16FN3O3. The number of nitro groups is 1. The van der Waals surface area contributed by atoms with Crippen LogP contribution in [0.4, 0.5) is 15.8 Å². The van der Waals surface area contributed by atoms with Crippen molar-refractivity contribution in [2.24, 2.45) is 11.7 Å². The molecule has 0 aliphatic heterocycles. The molecule has 0 fully saturated rings. The number of hydrogen-bond acceptors (Lipinski definition) is 4. The lowest BCUT2D eigenvalue weighted by molar-refractivity contribution is -0.386. The number of para-hydroxylation sites is 1. The summed E-state index contributed by atoms with van der Waals surface area (Å²) in [6.07, 6.45) is 0. The lowest BCUT2D eigenvalue weighted by atomic mass is 10.1. The third kappa shape index (κ3) is 3.90. The Morgan fingerprint density at radius 1 is 1.53 bits per heavy atom. The molecule has 0 aliphatic rings. The van der Waals surface area contributed by atoms with Gasteiger partial charge < -0.3 is 10.6 Å². The van der Waals surface area contributed by atoms with E-state index in [1.807, 2.05) is 13.8 Å². The zero-order valence-electron chi connectivity index (χ0n) is 10.8. The van der Waals surface area contributed by atoms with Crippen molar-refractivity contribution in [3.8, 4) is 0 Å². The average molecular weight is 269 g/mol. The fraction of sp³-hybridized carbons (Fsp3) is 0.417. The SMILES string of the molecule is CC(C)CN(CC(N)=O)c1cccc(F)c1[N+](=O)[O-]. The molecule has 0 aliphatic carbocycles. The zero-order valence-corrected chi connectivity index (χ0v) is 10.8. The second kappa shape index (κ2) is 6.12. The molecule has 104 valence electrons. The topological polar surface area (TPSA) is 89.5 Å². The number of amides is 1. The molecule has 0 heterocycles. The molecule has 6 nitrogen and oxygen atoms in total. The number of nitrogens with two attached hydrogens (primary N) is 1. The minimum Gasteiger partial charge on any atom is -0.368 e. The van der Waals surface area contributed by atoms with E-state index in [1.54, 1.807) is 0 Å². The van der Waals surface area contributed by atoms with Crippen LogP contribution in [0.1, 0.15) is 13.8 Å². The maximum Gasteiger partial charge on any atom is 0.327 e. The quantitative estimate of drug-likeness (QED) is 0.628. The van der Waals surface area contributed by atoms with Gasteiger partial charge in [-0.25, -0.2) is 0 Å². The number of halogens is 1. The fourth-order valence-corrected chi connectivity index (χ4v) is 1.82. The molecule has 1 aromatic rings. The van der Waals surface area contributed by atoms with Crippen molar-refractivity contribution in [1.29, 1.82) is 0 Å². The average Bonchev–Trinajstić information content (AvgIpc) is 2.25. The summed E-state index contributed by atoms with van der Waals surface area (Å²) in [7, 11) is 0. The molecule has 0 saturated carbocycles. The number of nitro benzene ring substituents is 1. The van der Waals surface area contributed by atoms with Gasteiger partial charge in [0.05, 0.1) is 11.5 Å². The molecule has 0 spiro atoms. The van der Waals surface area contributed by atoms with Crippen LogP contribution >= 0.6 is 0 Å². The summed E-state index contributed by atoms with van der Waals surface area (Å²) in [5, 5.41) is 10.9. The van der Waals surface area contributed by atoms with Crippen LogP contribution in [0.5, 0.6) is 0 Å².